The molecule has 206 valence electrons. The summed E-state index contributed by atoms with van der Waals surface area (Å²) in [5.41, 5.74) is 0. The Labute approximate surface area is 217 Å². The first-order valence-electron chi connectivity index (χ1n) is 13.7. The maximum absolute atomic E-state index is 13.1. The van der Waals surface area contributed by atoms with Crippen LogP contribution in [-0.2, 0) is 19.2 Å². The number of hydrogen-bond donors (Lipinski definition) is 3. The van der Waals surface area contributed by atoms with Crippen molar-refractivity contribution in [3.8, 4) is 0 Å². The Bertz CT molecular complexity index is 735. The largest absolute Gasteiger partial charge is 0.480 e. The van der Waals surface area contributed by atoms with E-state index < -0.39 is 29.9 Å². The molecule has 0 saturated heterocycles. The lowest BCUT2D eigenvalue weighted by Crippen LogP contribution is -2.53. The molecule has 3 amide bonds. The van der Waals surface area contributed by atoms with Crippen LogP contribution in [0.3, 0.4) is 0 Å². The second-order valence-corrected chi connectivity index (χ2v) is 10.9. The van der Waals surface area contributed by atoms with E-state index in [-0.39, 0.29) is 30.1 Å². The third-order valence-corrected chi connectivity index (χ3v) is 6.79. The highest BCUT2D eigenvalue weighted by atomic mass is 16.4. The van der Waals surface area contributed by atoms with Gasteiger partial charge in [0.1, 0.15) is 12.1 Å². The van der Waals surface area contributed by atoms with Gasteiger partial charge in [-0.25, -0.2) is 4.79 Å². The van der Waals surface area contributed by atoms with Gasteiger partial charge in [-0.15, -0.1) is 0 Å². The van der Waals surface area contributed by atoms with Crippen molar-refractivity contribution >= 4 is 23.7 Å². The Hall–Kier alpha value is -2.38. The van der Waals surface area contributed by atoms with Crippen LogP contribution in [0.4, 0.5) is 0 Å². The maximum Gasteiger partial charge on any atom is 0.326 e. The molecule has 0 saturated carbocycles. The number of carbonyl (C=O) groups excluding carboxylic acids is 3. The van der Waals surface area contributed by atoms with E-state index in [2.05, 4.69) is 17.6 Å². The average molecular weight is 508 g/mol. The standard InChI is InChI=1S/C28H49N3O5/c1-6-7-8-11-14-21-15-12-9-10-13-16-22(27(34)31(4)5)19-24(28(35)36)30-26(33)23(17-20(2)3)29-25(32)18-21/h10,13,20-24H,6-9,11-12,14-19H2,1-5H3,(H,29,32)(H,30,33)(H,35,36)/b13-10-/t21?,22?,23-,24-/m0/s1. The summed E-state index contributed by atoms with van der Waals surface area (Å²) in [6, 6.07) is -2.03. The molecule has 0 bridgehead atoms. The molecule has 0 aromatic carbocycles. The monoisotopic (exact) mass is 507 g/mol. The van der Waals surface area contributed by atoms with Crippen molar-refractivity contribution in [1.82, 2.24) is 15.5 Å². The predicted octanol–water partition coefficient (Wildman–Crippen LogP) is 4.29. The summed E-state index contributed by atoms with van der Waals surface area (Å²) in [5.74, 6) is -2.20. The Kier molecular flexibility index (Phi) is 15.1. The number of carboxylic acids is 1. The summed E-state index contributed by atoms with van der Waals surface area (Å²) < 4.78 is 0. The number of carbonyl (C=O) groups is 4. The van der Waals surface area contributed by atoms with Crippen LogP contribution in [0, 0.1) is 17.8 Å². The summed E-state index contributed by atoms with van der Waals surface area (Å²) in [4.78, 5) is 52.4. The third kappa shape index (κ3) is 12.5. The second-order valence-electron chi connectivity index (χ2n) is 10.9. The number of carboxylic acid groups (broad SMARTS) is 1. The van der Waals surface area contributed by atoms with Crippen molar-refractivity contribution in [3.05, 3.63) is 12.2 Å². The van der Waals surface area contributed by atoms with Crippen molar-refractivity contribution in [2.24, 2.45) is 17.8 Å². The van der Waals surface area contributed by atoms with E-state index in [9.17, 15) is 24.3 Å². The molecule has 36 heavy (non-hydrogen) atoms. The minimum Gasteiger partial charge on any atom is -0.480 e. The normalized spacial score (nSPS) is 25.6. The Morgan fingerprint density at radius 2 is 1.83 bits per heavy atom. The molecule has 0 aromatic heterocycles. The highest BCUT2D eigenvalue weighted by Crippen LogP contribution is 2.22. The number of amides is 3. The topological polar surface area (TPSA) is 116 Å². The molecule has 1 rings (SSSR count). The van der Waals surface area contributed by atoms with Gasteiger partial charge in [0.2, 0.25) is 17.7 Å². The van der Waals surface area contributed by atoms with Gasteiger partial charge < -0.3 is 20.6 Å². The summed E-state index contributed by atoms with van der Waals surface area (Å²) in [6.07, 6.45) is 13.5. The van der Waals surface area contributed by atoms with Gasteiger partial charge in [-0.3, -0.25) is 14.4 Å². The Balaban J connectivity index is 3.15. The van der Waals surface area contributed by atoms with Gasteiger partial charge in [0.15, 0.2) is 0 Å². The molecular weight excluding hydrogens is 458 g/mol. The molecule has 8 heteroatoms. The van der Waals surface area contributed by atoms with Gasteiger partial charge in [-0.05, 0) is 56.8 Å². The van der Waals surface area contributed by atoms with E-state index >= 15 is 0 Å². The molecule has 2 unspecified atom stereocenters. The van der Waals surface area contributed by atoms with E-state index in [1.807, 2.05) is 26.0 Å². The van der Waals surface area contributed by atoms with E-state index in [0.717, 1.165) is 44.9 Å². The van der Waals surface area contributed by atoms with Crippen molar-refractivity contribution < 1.29 is 24.3 Å². The molecule has 1 aliphatic rings. The van der Waals surface area contributed by atoms with Crippen LogP contribution in [0.25, 0.3) is 0 Å². The molecule has 3 N–H and O–H groups in total. The van der Waals surface area contributed by atoms with Crippen LogP contribution < -0.4 is 10.6 Å². The molecular formula is C28H49N3O5. The fourth-order valence-corrected chi connectivity index (χ4v) is 4.77. The van der Waals surface area contributed by atoms with Crippen molar-refractivity contribution in [2.75, 3.05) is 14.1 Å². The number of allylic oxidation sites excluding steroid dienone is 2. The molecule has 4 atom stereocenters. The summed E-state index contributed by atoms with van der Waals surface area (Å²) in [7, 11) is 3.29. The SMILES string of the molecule is CCCCCCC1CCC/C=C\CC(C(=O)N(C)C)C[C@@H](C(=O)O)NC(=O)[C@H](CC(C)C)NC(=O)C1. The average Bonchev–Trinajstić information content (AvgIpc) is 2.80. The first-order chi connectivity index (χ1) is 17.0. The molecule has 0 fully saturated rings. The van der Waals surface area contributed by atoms with Crippen molar-refractivity contribution in [1.29, 1.82) is 0 Å². The van der Waals surface area contributed by atoms with Crippen LogP contribution in [-0.4, -0.2) is 59.9 Å². The van der Waals surface area contributed by atoms with E-state index in [4.69, 9.17) is 0 Å². The molecule has 0 radical (unpaired) electrons. The van der Waals surface area contributed by atoms with Gasteiger partial charge in [-0.1, -0.05) is 58.6 Å². The smallest absolute Gasteiger partial charge is 0.326 e. The number of hydrogen-bond acceptors (Lipinski definition) is 4. The van der Waals surface area contributed by atoms with E-state index in [1.54, 1.807) is 14.1 Å². The Morgan fingerprint density at radius 1 is 1.11 bits per heavy atom. The zero-order valence-electron chi connectivity index (χ0n) is 23.1. The fraction of sp³-hybridized carbons (Fsp3) is 0.786. The minimum atomic E-state index is -1.22. The molecule has 0 aliphatic carbocycles. The van der Waals surface area contributed by atoms with Crippen LogP contribution in [0.5, 0.6) is 0 Å². The second kappa shape index (κ2) is 17.1. The van der Waals surface area contributed by atoms with Gasteiger partial charge in [0.05, 0.1) is 0 Å². The third-order valence-electron chi connectivity index (χ3n) is 6.79. The molecule has 1 aliphatic heterocycles. The molecule has 0 aromatic rings. The summed E-state index contributed by atoms with van der Waals surface area (Å²) in [6.45, 7) is 6.10. The number of unbranched alkanes of at least 4 members (excludes halogenated alkanes) is 3. The minimum absolute atomic E-state index is 0.00932. The van der Waals surface area contributed by atoms with Gasteiger partial charge in [-0.2, -0.15) is 0 Å². The number of nitrogens with one attached hydrogen (secondary N) is 2. The van der Waals surface area contributed by atoms with Crippen LogP contribution >= 0.6 is 0 Å². The Morgan fingerprint density at radius 3 is 2.44 bits per heavy atom. The van der Waals surface area contributed by atoms with Crippen LogP contribution in [0.1, 0.15) is 97.8 Å². The summed E-state index contributed by atoms with van der Waals surface area (Å²) >= 11 is 0. The zero-order chi connectivity index (χ0) is 27.1. The first kappa shape index (κ1) is 31.6. The number of nitrogens with zero attached hydrogens (tertiary/aromatic N) is 1. The van der Waals surface area contributed by atoms with E-state index in [1.165, 1.54) is 11.3 Å². The highest BCUT2D eigenvalue weighted by Gasteiger charge is 2.32. The zero-order valence-corrected chi connectivity index (χ0v) is 23.1. The van der Waals surface area contributed by atoms with Gasteiger partial charge >= 0.3 is 5.97 Å². The molecule has 0 spiro atoms. The molecule has 1 heterocycles. The highest BCUT2D eigenvalue weighted by molar-refractivity contribution is 5.90. The van der Waals surface area contributed by atoms with E-state index in [0.29, 0.717) is 19.3 Å². The molecule has 8 nitrogen and oxygen atoms in total. The maximum atomic E-state index is 13.1. The quantitative estimate of drug-likeness (QED) is 0.318. The fourth-order valence-electron chi connectivity index (χ4n) is 4.77. The lowest BCUT2D eigenvalue weighted by molar-refractivity contribution is -0.143. The lowest BCUT2D eigenvalue weighted by atomic mass is 9.90. The van der Waals surface area contributed by atoms with Gasteiger partial charge in [0, 0.05) is 26.4 Å². The first-order valence-corrected chi connectivity index (χ1v) is 13.7. The lowest BCUT2D eigenvalue weighted by Gasteiger charge is -2.26. The predicted molar refractivity (Wildman–Crippen MR) is 142 cm³/mol. The van der Waals surface area contributed by atoms with Crippen molar-refractivity contribution in [2.45, 2.75) is 110 Å². The van der Waals surface area contributed by atoms with Gasteiger partial charge in [0.25, 0.3) is 0 Å². The number of aliphatic carboxylic acids is 1. The van der Waals surface area contributed by atoms with Crippen LogP contribution in [0.2, 0.25) is 0 Å². The van der Waals surface area contributed by atoms with Crippen molar-refractivity contribution in [3.63, 3.8) is 0 Å². The number of rotatable bonds is 9. The summed E-state index contributed by atoms with van der Waals surface area (Å²) in [5, 5.41) is 15.3. The van der Waals surface area contributed by atoms with Crippen LogP contribution in [0.15, 0.2) is 12.2 Å².